The van der Waals surface area contributed by atoms with E-state index >= 15 is 0 Å². The summed E-state index contributed by atoms with van der Waals surface area (Å²) in [5.74, 6) is -0.510. The van der Waals surface area contributed by atoms with Crippen molar-refractivity contribution in [2.24, 2.45) is 5.92 Å². The van der Waals surface area contributed by atoms with E-state index in [0.29, 0.717) is 0 Å². The summed E-state index contributed by atoms with van der Waals surface area (Å²) in [5, 5.41) is 0. The van der Waals surface area contributed by atoms with E-state index in [1.165, 1.54) is 7.11 Å². The van der Waals surface area contributed by atoms with E-state index < -0.39 is 8.32 Å². The van der Waals surface area contributed by atoms with Gasteiger partial charge in [-0.15, -0.1) is 0 Å². The van der Waals surface area contributed by atoms with Crippen molar-refractivity contribution in [2.45, 2.75) is 51.9 Å². The number of hydrogen-bond acceptors (Lipinski definition) is 3. The zero-order valence-corrected chi connectivity index (χ0v) is 14.9. The van der Waals surface area contributed by atoms with Gasteiger partial charge in [0.05, 0.1) is 19.1 Å². The zero-order valence-electron chi connectivity index (χ0n) is 13.9. The summed E-state index contributed by atoms with van der Waals surface area (Å²) < 4.78 is 11.5. The molecule has 0 aliphatic carbocycles. The van der Waals surface area contributed by atoms with Gasteiger partial charge < -0.3 is 9.16 Å². The summed E-state index contributed by atoms with van der Waals surface area (Å²) in [5.41, 5.74) is 1.06. The van der Waals surface area contributed by atoms with Crippen LogP contribution in [0, 0.1) is 5.92 Å². The van der Waals surface area contributed by atoms with Gasteiger partial charge in [-0.2, -0.15) is 0 Å². The molecule has 1 aromatic rings. The van der Waals surface area contributed by atoms with E-state index in [1.54, 1.807) is 0 Å². The van der Waals surface area contributed by atoms with Gasteiger partial charge in [-0.05, 0) is 30.6 Å². The number of rotatable bonds is 8. The molecule has 0 fully saturated rings. The van der Waals surface area contributed by atoms with Crippen LogP contribution < -0.4 is 0 Å². The molecule has 0 spiro atoms. The highest BCUT2D eigenvalue weighted by molar-refractivity contribution is 6.73. The molecule has 1 aromatic carbocycles. The minimum Gasteiger partial charge on any atom is -0.469 e. The normalized spacial score (nSPS) is 14.5. The number of carbonyl (C=O) groups excluding carboxylic acids is 1. The van der Waals surface area contributed by atoms with Crippen molar-refractivity contribution >= 4 is 14.3 Å². The van der Waals surface area contributed by atoms with Gasteiger partial charge in [-0.1, -0.05) is 51.1 Å². The monoisotopic (exact) mass is 308 g/mol. The third-order valence-electron chi connectivity index (χ3n) is 4.47. The molecule has 2 atom stereocenters. The number of carbonyl (C=O) groups is 1. The number of methoxy groups -OCH3 is 1. The van der Waals surface area contributed by atoms with Crippen LogP contribution in [0.3, 0.4) is 0 Å². The van der Waals surface area contributed by atoms with E-state index in [0.717, 1.165) is 23.7 Å². The molecule has 0 saturated carbocycles. The van der Waals surface area contributed by atoms with Crippen LogP contribution in [0.4, 0.5) is 0 Å². The van der Waals surface area contributed by atoms with Crippen LogP contribution in [0.25, 0.3) is 0 Å². The Balaban J connectivity index is 3.11. The fourth-order valence-electron chi connectivity index (χ4n) is 2.68. The molecular weight excluding hydrogens is 280 g/mol. The zero-order chi connectivity index (χ0) is 15.9. The largest absolute Gasteiger partial charge is 0.469 e. The van der Waals surface area contributed by atoms with Crippen LogP contribution >= 0.6 is 0 Å². The predicted octanol–water partition coefficient (Wildman–Crippen LogP) is 4.56. The van der Waals surface area contributed by atoms with Crippen molar-refractivity contribution in [3.05, 3.63) is 35.9 Å². The Bertz CT molecular complexity index is 421. The van der Waals surface area contributed by atoms with Gasteiger partial charge in [0, 0.05) is 0 Å². The second-order valence-corrected chi connectivity index (χ2v) is 10.2. The minimum atomic E-state index is -1.79. The van der Waals surface area contributed by atoms with E-state index in [4.69, 9.17) is 9.16 Å². The van der Waals surface area contributed by atoms with Crippen molar-refractivity contribution in [2.75, 3.05) is 7.11 Å². The Morgan fingerprint density at radius 1 is 1.10 bits per heavy atom. The van der Waals surface area contributed by atoms with Gasteiger partial charge in [0.15, 0.2) is 8.32 Å². The van der Waals surface area contributed by atoms with Gasteiger partial charge in [0.2, 0.25) is 0 Å². The van der Waals surface area contributed by atoms with Crippen molar-refractivity contribution in [1.29, 1.82) is 0 Å². The molecule has 0 radical (unpaired) electrons. The van der Waals surface area contributed by atoms with Crippen LogP contribution in [0.5, 0.6) is 0 Å². The Labute approximate surface area is 129 Å². The molecule has 4 heteroatoms. The molecule has 3 nitrogen and oxygen atoms in total. The number of benzene rings is 1. The molecule has 0 saturated heterocycles. The highest BCUT2D eigenvalue weighted by Gasteiger charge is 2.36. The van der Waals surface area contributed by atoms with Crippen LogP contribution in [-0.2, 0) is 14.0 Å². The Morgan fingerprint density at radius 2 is 1.62 bits per heavy atom. The molecule has 0 aliphatic heterocycles. The fourth-order valence-corrected chi connectivity index (χ4v) is 5.56. The second-order valence-electron chi connectivity index (χ2n) is 5.50. The molecule has 21 heavy (non-hydrogen) atoms. The van der Waals surface area contributed by atoms with Gasteiger partial charge >= 0.3 is 5.97 Å². The molecule has 0 unspecified atom stereocenters. The molecular formula is C17H28O3Si. The highest BCUT2D eigenvalue weighted by Crippen LogP contribution is 2.34. The van der Waals surface area contributed by atoms with Crippen molar-refractivity contribution in [1.82, 2.24) is 0 Å². The van der Waals surface area contributed by atoms with Crippen LogP contribution in [-0.4, -0.2) is 21.4 Å². The fraction of sp³-hybridized carbons (Fsp3) is 0.588. The third kappa shape index (κ3) is 4.42. The Kier molecular flexibility index (Phi) is 7.12. The average Bonchev–Trinajstić information content (AvgIpc) is 2.56. The van der Waals surface area contributed by atoms with E-state index in [9.17, 15) is 4.79 Å². The first kappa shape index (κ1) is 17.9. The topological polar surface area (TPSA) is 35.5 Å². The molecule has 118 valence electrons. The van der Waals surface area contributed by atoms with Crippen LogP contribution in [0.15, 0.2) is 30.3 Å². The van der Waals surface area contributed by atoms with Gasteiger partial charge in [-0.3, -0.25) is 4.79 Å². The first-order valence-corrected chi connectivity index (χ1v) is 10.4. The molecule has 0 aliphatic rings. The number of hydrogen-bond donors (Lipinski definition) is 0. The van der Waals surface area contributed by atoms with Gasteiger partial charge in [0.25, 0.3) is 0 Å². The number of ether oxygens (including phenoxy) is 1. The Morgan fingerprint density at radius 3 is 2.05 bits per heavy atom. The lowest BCUT2D eigenvalue weighted by Gasteiger charge is -2.35. The molecule has 0 aromatic heterocycles. The highest BCUT2D eigenvalue weighted by atomic mass is 28.4. The SMILES string of the molecule is CC[Si](CC)(CC)O[C@H](c1ccccc1)[C@@H](C)C(=O)OC. The molecule has 1 rings (SSSR count). The molecule has 0 heterocycles. The van der Waals surface area contributed by atoms with E-state index in [1.807, 2.05) is 37.3 Å². The van der Waals surface area contributed by atoms with E-state index in [-0.39, 0.29) is 18.0 Å². The molecule has 0 amide bonds. The lowest BCUT2D eigenvalue weighted by molar-refractivity contribution is -0.148. The molecule has 0 bridgehead atoms. The summed E-state index contributed by atoms with van der Waals surface area (Å²) in [6.45, 7) is 8.49. The van der Waals surface area contributed by atoms with Crippen LogP contribution in [0.2, 0.25) is 18.1 Å². The van der Waals surface area contributed by atoms with Crippen molar-refractivity contribution < 1.29 is 14.0 Å². The first-order chi connectivity index (χ1) is 10.0. The summed E-state index contributed by atoms with van der Waals surface area (Å²) in [6.07, 6.45) is -0.217. The first-order valence-electron chi connectivity index (χ1n) is 7.84. The smallest absolute Gasteiger partial charge is 0.311 e. The second kappa shape index (κ2) is 8.34. The third-order valence-corrected chi connectivity index (χ3v) is 9.09. The quantitative estimate of drug-likeness (QED) is 0.522. The number of esters is 1. The van der Waals surface area contributed by atoms with E-state index in [2.05, 4.69) is 20.8 Å². The average molecular weight is 308 g/mol. The lowest BCUT2D eigenvalue weighted by atomic mass is 9.98. The van der Waals surface area contributed by atoms with Crippen molar-refractivity contribution in [3.63, 3.8) is 0 Å². The maximum absolute atomic E-state index is 12.0. The maximum atomic E-state index is 12.0. The standard InChI is InChI=1S/C17H28O3Si/c1-6-21(7-2,8-3)20-16(14(4)17(18)19-5)15-12-10-9-11-13-15/h9-14,16H,6-8H2,1-5H3/t14-,16+/m1/s1. The van der Waals surface area contributed by atoms with Crippen molar-refractivity contribution in [3.8, 4) is 0 Å². The van der Waals surface area contributed by atoms with Gasteiger partial charge in [-0.25, -0.2) is 0 Å². The molecule has 0 N–H and O–H groups in total. The van der Waals surface area contributed by atoms with Crippen LogP contribution in [0.1, 0.15) is 39.4 Å². The summed E-state index contributed by atoms with van der Waals surface area (Å²) in [6, 6.07) is 13.2. The lowest BCUT2D eigenvalue weighted by Crippen LogP contribution is -2.40. The summed E-state index contributed by atoms with van der Waals surface area (Å²) in [7, 11) is -0.357. The summed E-state index contributed by atoms with van der Waals surface area (Å²) >= 11 is 0. The summed E-state index contributed by atoms with van der Waals surface area (Å²) in [4.78, 5) is 12.0. The van der Waals surface area contributed by atoms with Gasteiger partial charge in [0.1, 0.15) is 0 Å². The minimum absolute atomic E-state index is 0.213. The Hall–Kier alpha value is -1.13. The predicted molar refractivity (Wildman–Crippen MR) is 88.6 cm³/mol. The maximum Gasteiger partial charge on any atom is 0.311 e.